The summed E-state index contributed by atoms with van der Waals surface area (Å²) < 4.78 is 11.5. The highest BCUT2D eigenvalue weighted by Gasteiger charge is 2.05. The summed E-state index contributed by atoms with van der Waals surface area (Å²) in [5.41, 5.74) is 1.57. The van der Waals surface area contributed by atoms with E-state index in [0.717, 1.165) is 23.3 Å². The number of aliphatic carboxylic acids is 2. The molecule has 6 nitrogen and oxygen atoms in total. The van der Waals surface area contributed by atoms with Crippen LogP contribution >= 0.6 is 0 Å². The second-order valence-electron chi connectivity index (χ2n) is 6.05. The Balaban J connectivity index is 1.75. The van der Waals surface area contributed by atoms with Gasteiger partial charge in [-0.3, -0.25) is 0 Å². The van der Waals surface area contributed by atoms with Crippen LogP contribution in [-0.4, -0.2) is 34.9 Å². The standard InChI is InChI=1S/C22H22O6/c1-16(28-20-10-4-18(5-11-20)7-13-22(25)26)14-15-27-19-8-2-17(3-9-19)6-12-21(23)24/h2-13,16H,14-15H2,1H3,(H,23,24)(H,25,26). The molecule has 0 fully saturated rings. The Kier molecular flexibility index (Phi) is 7.84. The number of rotatable bonds is 10. The number of carbonyl (C=O) groups is 2. The van der Waals surface area contributed by atoms with Gasteiger partial charge in [0.2, 0.25) is 0 Å². The fourth-order valence-corrected chi connectivity index (χ4v) is 2.30. The Bertz CT molecular complexity index is 834. The van der Waals surface area contributed by atoms with E-state index in [1.54, 1.807) is 48.5 Å². The molecule has 0 bridgehead atoms. The van der Waals surface area contributed by atoms with Gasteiger partial charge in [0.05, 0.1) is 12.7 Å². The van der Waals surface area contributed by atoms with Crippen LogP contribution in [0.3, 0.4) is 0 Å². The maximum Gasteiger partial charge on any atom is 0.328 e. The quantitative estimate of drug-likeness (QED) is 0.601. The Morgan fingerprint density at radius 2 is 1.32 bits per heavy atom. The van der Waals surface area contributed by atoms with Gasteiger partial charge in [0.25, 0.3) is 0 Å². The Morgan fingerprint density at radius 3 is 1.79 bits per heavy atom. The predicted molar refractivity (Wildman–Crippen MR) is 106 cm³/mol. The van der Waals surface area contributed by atoms with Crippen molar-refractivity contribution in [1.29, 1.82) is 0 Å². The number of ether oxygens (including phenoxy) is 2. The van der Waals surface area contributed by atoms with Crippen LogP contribution in [0.1, 0.15) is 24.5 Å². The van der Waals surface area contributed by atoms with Crippen molar-refractivity contribution in [3.05, 3.63) is 71.8 Å². The van der Waals surface area contributed by atoms with Crippen LogP contribution < -0.4 is 9.47 Å². The SMILES string of the molecule is CC(CCOc1ccc(C=CC(=O)O)cc1)Oc1ccc(C=CC(=O)O)cc1. The minimum absolute atomic E-state index is 0.0572. The van der Waals surface area contributed by atoms with Crippen molar-refractivity contribution in [2.75, 3.05) is 6.61 Å². The summed E-state index contributed by atoms with van der Waals surface area (Å²) in [6.45, 7) is 2.42. The van der Waals surface area contributed by atoms with Crippen LogP contribution in [0.4, 0.5) is 0 Å². The third-order valence-electron chi connectivity index (χ3n) is 3.73. The van der Waals surface area contributed by atoms with Gasteiger partial charge >= 0.3 is 11.9 Å². The minimum Gasteiger partial charge on any atom is -0.493 e. The predicted octanol–water partition coefficient (Wildman–Crippen LogP) is 4.12. The summed E-state index contributed by atoms with van der Waals surface area (Å²) in [5, 5.41) is 17.2. The van der Waals surface area contributed by atoms with Crippen molar-refractivity contribution >= 4 is 24.1 Å². The lowest BCUT2D eigenvalue weighted by atomic mass is 10.2. The number of hydrogen-bond donors (Lipinski definition) is 2. The van der Waals surface area contributed by atoms with Crippen LogP contribution in [0.2, 0.25) is 0 Å². The summed E-state index contributed by atoms with van der Waals surface area (Å²) in [7, 11) is 0. The molecule has 2 rings (SSSR count). The van der Waals surface area contributed by atoms with E-state index in [0.29, 0.717) is 24.5 Å². The molecule has 0 radical (unpaired) electrons. The highest BCUT2D eigenvalue weighted by Crippen LogP contribution is 2.17. The van der Waals surface area contributed by atoms with Crippen LogP contribution in [0.15, 0.2) is 60.7 Å². The van der Waals surface area contributed by atoms with Crippen LogP contribution in [0.25, 0.3) is 12.2 Å². The van der Waals surface area contributed by atoms with Gasteiger partial charge in [-0.2, -0.15) is 0 Å². The molecule has 146 valence electrons. The van der Waals surface area contributed by atoms with E-state index < -0.39 is 11.9 Å². The van der Waals surface area contributed by atoms with Crippen molar-refractivity contribution in [2.24, 2.45) is 0 Å². The Morgan fingerprint density at radius 1 is 0.857 bits per heavy atom. The van der Waals surface area contributed by atoms with E-state index in [1.165, 1.54) is 12.2 Å². The van der Waals surface area contributed by atoms with Crippen molar-refractivity contribution < 1.29 is 29.3 Å². The van der Waals surface area contributed by atoms with Gasteiger partial charge in [-0.1, -0.05) is 24.3 Å². The van der Waals surface area contributed by atoms with Crippen LogP contribution in [0, 0.1) is 0 Å². The van der Waals surface area contributed by atoms with Crippen molar-refractivity contribution in [3.8, 4) is 11.5 Å². The normalized spacial score (nSPS) is 12.2. The molecule has 2 aromatic carbocycles. The van der Waals surface area contributed by atoms with E-state index in [4.69, 9.17) is 19.7 Å². The molecule has 0 amide bonds. The summed E-state index contributed by atoms with van der Waals surface area (Å²) in [5.74, 6) is -0.565. The second kappa shape index (κ2) is 10.6. The molecule has 1 unspecified atom stereocenters. The molecule has 0 aliphatic heterocycles. The highest BCUT2D eigenvalue weighted by atomic mass is 16.5. The van der Waals surface area contributed by atoms with Gasteiger partial charge in [-0.25, -0.2) is 9.59 Å². The molecule has 0 aliphatic rings. The number of carboxylic acid groups (broad SMARTS) is 2. The summed E-state index contributed by atoms with van der Waals surface area (Å²) in [6, 6.07) is 14.3. The first kappa shape index (κ1) is 20.8. The molecule has 0 spiro atoms. The second-order valence-corrected chi connectivity index (χ2v) is 6.05. The molecule has 28 heavy (non-hydrogen) atoms. The van der Waals surface area contributed by atoms with Gasteiger partial charge in [0.1, 0.15) is 11.5 Å². The first-order valence-electron chi connectivity index (χ1n) is 8.74. The Labute approximate surface area is 163 Å². The van der Waals surface area contributed by atoms with Crippen molar-refractivity contribution in [1.82, 2.24) is 0 Å². The summed E-state index contributed by atoms with van der Waals surface area (Å²) >= 11 is 0. The van der Waals surface area contributed by atoms with E-state index in [1.807, 2.05) is 6.92 Å². The summed E-state index contributed by atoms with van der Waals surface area (Å²) in [4.78, 5) is 21.0. The highest BCUT2D eigenvalue weighted by molar-refractivity contribution is 5.85. The first-order valence-corrected chi connectivity index (χ1v) is 8.74. The van der Waals surface area contributed by atoms with E-state index >= 15 is 0 Å². The van der Waals surface area contributed by atoms with Gasteiger partial charge in [0.15, 0.2) is 0 Å². The first-order chi connectivity index (χ1) is 13.4. The monoisotopic (exact) mass is 382 g/mol. The topological polar surface area (TPSA) is 93.1 Å². The van der Waals surface area contributed by atoms with Gasteiger partial charge in [-0.15, -0.1) is 0 Å². The molecule has 2 aromatic rings. The lowest BCUT2D eigenvalue weighted by Crippen LogP contribution is -2.15. The van der Waals surface area contributed by atoms with Gasteiger partial charge < -0.3 is 19.7 Å². The molecule has 2 N–H and O–H groups in total. The molecule has 1 atom stereocenters. The van der Waals surface area contributed by atoms with Crippen LogP contribution in [-0.2, 0) is 9.59 Å². The molecule has 0 aromatic heterocycles. The molecule has 6 heteroatoms. The molecular weight excluding hydrogens is 360 g/mol. The smallest absolute Gasteiger partial charge is 0.328 e. The molecular formula is C22H22O6. The average Bonchev–Trinajstić information content (AvgIpc) is 2.66. The molecule has 0 saturated heterocycles. The Hall–Kier alpha value is -3.54. The maximum atomic E-state index is 10.5. The van der Waals surface area contributed by atoms with Crippen molar-refractivity contribution in [3.63, 3.8) is 0 Å². The number of hydrogen-bond acceptors (Lipinski definition) is 4. The zero-order valence-corrected chi connectivity index (χ0v) is 15.4. The number of carboxylic acids is 2. The summed E-state index contributed by atoms with van der Waals surface area (Å²) in [6.07, 6.45) is 5.84. The zero-order valence-electron chi connectivity index (χ0n) is 15.4. The van der Waals surface area contributed by atoms with Crippen LogP contribution in [0.5, 0.6) is 11.5 Å². The van der Waals surface area contributed by atoms with E-state index in [2.05, 4.69) is 0 Å². The van der Waals surface area contributed by atoms with E-state index in [-0.39, 0.29) is 6.10 Å². The minimum atomic E-state index is -0.986. The third kappa shape index (κ3) is 7.78. The molecule has 0 heterocycles. The number of benzene rings is 2. The van der Waals surface area contributed by atoms with Gasteiger partial charge in [-0.05, 0) is 54.5 Å². The maximum absolute atomic E-state index is 10.5. The average molecular weight is 382 g/mol. The fraction of sp³-hybridized carbons (Fsp3) is 0.182. The fourth-order valence-electron chi connectivity index (χ4n) is 2.30. The lowest BCUT2D eigenvalue weighted by Gasteiger charge is -2.15. The zero-order chi connectivity index (χ0) is 20.4. The van der Waals surface area contributed by atoms with Crippen molar-refractivity contribution in [2.45, 2.75) is 19.4 Å². The van der Waals surface area contributed by atoms with Gasteiger partial charge in [0, 0.05) is 18.6 Å². The largest absolute Gasteiger partial charge is 0.493 e. The van der Waals surface area contributed by atoms with E-state index in [9.17, 15) is 9.59 Å². The lowest BCUT2D eigenvalue weighted by molar-refractivity contribution is -0.132. The molecule has 0 saturated carbocycles. The third-order valence-corrected chi connectivity index (χ3v) is 3.73. The molecule has 0 aliphatic carbocycles.